The Bertz CT molecular complexity index is 726. The molecule has 0 radical (unpaired) electrons. The maximum absolute atomic E-state index is 12.5. The summed E-state index contributed by atoms with van der Waals surface area (Å²) in [5.41, 5.74) is 8.09. The van der Waals surface area contributed by atoms with Gasteiger partial charge in [0.2, 0.25) is 10.0 Å². The minimum atomic E-state index is -3.52. The number of nitrogen functional groups attached to an aromatic ring is 1. The first kappa shape index (κ1) is 15.5. The smallest absolute Gasteiger partial charge is 0.243 e. The first-order valence-electron chi connectivity index (χ1n) is 5.86. The van der Waals surface area contributed by atoms with Gasteiger partial charge in [-0.2, -0.15) is 4.31 Å². The Labute approximate surface area is 131 Å². The van der Waals surface area contributed by atoms with Crippen molar-refractivity contribution in [2.45, 2.75) is 18.4 Å². The van der Waals surface area contributed by atoms with Crippen molar-refractivity contribution in [1.82, 2.24) is 4.31 Å². The molecule has 1 aromatic heterocycles. The lowest BCUT2D eigenvalue weighted by atomic mass is 10.2. The van der Waals surface area contributed by atoms with E-state index < -0.39 is 10.0 Å². The molecule has 7 heteroatoms. The number of thiophene rings is 1. The number of nitrogens with two attached hydrogens (primary N) is 1. The highest BCUT2D eigenvalue weighted by atomic mass is 79.9. The van der Waals surface area contributed by atoms with E-state index in [0.29, 0.717) is 12.2 Å². The summed E-state index contributed by atoms with van der Waals surface area (Å²) in [6.45, 7) is 2.18. The fraction of sp³-hybridized carbons (Fsp3) is 0.231. The number of aryl methyl sites for hydroxylation is 1. The lowest BCUT2D eigenvalue weighted by molar-refractivity contribution is 0.467. The van der Waals surface area contributed by atoms with E-state index in [1.54, 1.807) is 19.2 Å². The molecule has 0 spiro atoms. The van der Waals surface area contributed by atoms with E-state index in [9.17, 15) is 8.42 Å². The van der Waals surface area contributed by atoms with Gasteiger partial charge in [-0.3, -0.25) is 0 Å². The van der Waals surface area contributed by atoms with Crippen molar-refractivity contribution in [3.63, 3.8) is 0 Å². The van der Waals surface area contributed by atoms with Crippen molar-refractivity contribution < 1.29 is 8.42 Å². The van der Waals surface area contributed by atoms with Gasteiger partial charge in [0, 0.05) is 19.3 Å². The van der Waals surface area contributed by atoms with Crippen molar-refractivity contribution in [3.8, 4) is 0 Å². The van der Waals surface area contributed by atoms with Crippen LogP contribution in [0.25, 0.3) is 0 Å². The number of nitrogens with zero attached hydrogens (tertiary/aromatic N) is 1. The van der Waals surface area contributed by atoms with Gasteiger partial charge in [0.1, 0.15) is 0 Å². The fourth-order valence-corrected chi connectivity index (χ4v) is 4.12. The van der Waals surface area contributed by atoms with Gasteiger partial charge in [-0.05, 0) is 57.6 Å². The average Bonchev–Trinajstić information content (AvgIpc) is 2.78. The number of hydrogen-bond acceptors (Lipinski definition) is 4. The van der Waals surface area contributed by atoms with Crippen molar-refractivity contribution in [2.24, 2.45) is 0 Å². The zero-order valence-corrected chi connectivity index (χ0v) is 14.3. The van der Waals surface area contributed by atoms with Crippen molar-refractivity contribution in [1.29, 1.82) is 0 Å². The number of halogens is 1. The Kier molecular flexibility index (Phi) is 4.53. The zero-order chi connectivity index (χ0) is 14.9. The summed E-state index contributed by atoms with van der Waals surface area (Å²) < 4.78 is 27.2. The highest BCUT2D eigenvalue weighted by molar-refractivity contribution is 9.11. The van der Waals surface area contributed by atoms with Crippen molar-refractivity contribution in [2.75, 3.05) is 12.8 Å². The van der Waals surface area contributed by atoms with E-state index in [4.69, 9.17) is 5.73 Å². The Morgan fingerprint density at radius 2 is 2.05 bits per heavy atom. The third-order valence-electron chi connectivity index (χ3n) is 2.99. The molecule has 0 bridgehead atoms. The predicted octanol–water partition coefficient (Wildman–Crippen LogP) is 3.22. The second-order valence-electron chi connectivity index (χ2n) is 4.54. The van der Waals surface area contributed by atoms with Crippen LogP contribution in [0, 0.1) is 6.92 Å². The molecular formula is C13H15BrN2O2S2. The van der Waals surface area contributed by atoms with Crippen LogP contribution in [-0.2, 0) is 16.6 Å². The number of rotatable bonds is 4. The highest BCUT2D eigenvalue weighted by Gasteiger charge is 2.21. The molecule has 0 aliphatic heterocycles. The van der Waals surface area contributed by atoms with Crippen molar-refractivity contribution in [3.05, 3.63) is 44.6 Å². The molecule has 108 valence electrons. The SMILES string of the molecule is Cc1ccc(S(=O)(=O)N(C)Cc2csc(Br)c2)cc1N. The molecule has 0 saturated carbocycles. The normalized spacial score (nSPS) is 12.0. The maximum Gasteiger partial charge on any atom is 0.243 e. The molecule has 0 amide bonds. The number of sulfonamides is 1. The van der Waals surface area contributed by atoms with Crippen LogP contribution in [0.5, 0.6) is 0 Å². The van der Waals surface area contributed by atoms with Gasteiger partial charge in [-0.15, -0.1) is 11.3 Å². The molecule has 0 atom stereocenters. The quantitative estimate of drug-likeness (QED) is 0.835. The summed E-state index contributed by atoms with van der Waals surface area (Å²) in [5.74, 6) is 0. The van der Waals surface area contributed by atoms with Crippen LogP contribution in [0.2, 0.25) is 0 Å². The largest absolute Gasteiger partial charge is 0.398 e. The van der Waals surface area contributed by atoms with Crippen LogP contribution in [0.1, 0.15) is 11.1 Å². The third kappa shape index (κ3) is 3.22. The van der Waals surface area contributed by atoms with E-state index >= 15 is 0 Å². The highest BCUT2D eigenvalue weighted by Crippen LogP contribution is 2.24. The minimum absolute atomic E-state index is 0.220. The van der Waals surface area contributed by atoms with Gasteiger partial charge in [0.05, 0.1) is 8.68 Å². The molecular weight excluding hydrogens is 360 g/mol. The van der Waals surface area contributed by atoms with Crippen LogP contribution < -0.4 is 5.73 Å². The molecule has 0 aliphatic rings. The Morgan fingerprint density at radius 3 is 2.60 bits per heavy atom. The number of benzene rings is 1. The molecule has 0 saturated heterocycles. The van der Waals surface area contributed by atoms with Crippen LogP contribution in [0.15, 0.2) is 38.3 Å². The molecule has 2 aromatic rings. The van der Waals surface area contributed by atoms with E-state index in [1.165, 1.54) is 21.7 Å². The van der Waals surface area contributed by atoms with Crippen LogP contribution in [0.3, 0.4) is 0 Å². The summed E-state index contributed by atoms with van der Waals surface area (Å²) >= 11 is 4.90. The molecule has 1 aromatic carbocycles. The van der Waals surface area contributed by atoms with Gasteiger partial charge < -0.3 is 5.73 Å². The van der Waals surface area contributed by atoms with Crippen LogP contribution >= 0.6 is 27.3 Å². The molecule has 0 fully saturated rings. The van der Waals surface area contributed by atoms with E-state index in [1.807, 2.05) is 18.4 Å². The zero-order valence-electron chi connectivity index (χ0n) is 11.1. The first-order chi connectivity index (χ1) is 9.30. The Hall–Kier alpha value is -0.890. The Balaban J connectivity index is 2.27. The van der Waals surface area contributed by atoms with Crippen molar-refractivity contribution >= 4 is 43.0 Å². The van der Waals surface area contributed by atoms with Gasteiger partial charge >= 0.3 is 0 Å². The third-order valence-corrected chi connectivity index (χ3v) is 6.34. The monoisotopic (exact) mass is 374 g/mol. The van der Waals surface area contributed by atoms with Gasteiger partial charge in [-0.1, -0.05) is 6.07 Å². The number of anilines is 1. The molecule has 2 rings (SSSR count). The second-order valence-corrected chi connectivity index (χ2v) is 8.87. The van der Waals surface area contributed by atoms with E-state index in [2.05, 4.69) is 15.9 Å². The van der Waals surface area contributed by atoms with Gasteiger partial charge in [0.25, 0.3) is 0 Å². The van der Waals surface area contributed by atoms with Crippen LogP contribution in [0.4, 0.5) is 5.69 Å². The molecule has 20 heavy (non-hydrogen) atoms. The average molecular weight is 375 g/mol. The molecule has 2 N–H and O–H groups in total. The van der Waals surface area contributed by atoms with E-state index in [0.717, 1.165) is 14.9 Å². The lowest BCUT2D eigenvalue weighted by Crippen LogP contribution is -2.26. The summed E-state index contributed by atoms with van der Waals surface area (Å²) in [4.78, 5) is 0.220. The minimum Gasteiger partial charge on any atom is -0.398 e. The maximum atomic E-state index is 12.5. The summed E-state index contributed by atoms with van der Waals surface area (Å²) in [5, 5.41) is 1.93. The predicted molar refractivity (Wildman–Crippen MR) is 86.3 cm³/mol. The van der Waals surface area contributed by atoms with Gasteiger partial charge in [0.15, 0.2) is 0 Å². The topological polar surface area (TPSA) is 63.4 Å². The fourth-order valence-electron chi connectivity index (χ4n) is 1.73. The second kappa shape index (κ2) is 5.85. The summed E-state index contributed by atoms with van der Waals surface area (Å²) in [6.07, 6.45) is 0. The number of hydrogen-bond donors (Lipinski definition) is 1. The standard InChI is InChI=1S/C13H15BrN2O2S2/c1-9-3-4-11(6-12(9)15)20(17,18)16(2)7-10-5-13(14)19-8-10/h3-6,8H,7,15H2,1-2H3. The molecule has 1 heterocycles. The molecule has 0 unspecified atom stereocenters. The first-order valence-corrected chi connectivity index (χ1v) is 8.97. The molecule has 0 aliphatic carbocycles. The van der Waals surface area contributed by atoms with Gasteiger partial charge in [-0.25, -0.2) is 8.42 Å². The lowest BCUT2D eigenvalue weighted by Gasteiger charge is -2.17. The molecule has 4 nitrogen and oxygen atoms in total. The summed E-state index contributed by atoms with van der Waals surface area (Å²) in [6, 6.07) is 6.73. The van der Waals surface area contributed by atoms with Crippen LogP contribution in [-0.4, -0.2) is 19.8 Å². The Morgan fingerprint density at radius 1 is 1.35 bits per heavy atom. The summed E-state index contributed by atoms with van der Waals surface area (Å²) in [7, 11) is -1.96. The van der Waals surface area contributed by atoms with E-state index in [-0.39, 0.29) is 4.90 Å².